The van der Waals surface area contributed by atoms with Crippen molar-refractivity contribution < 1.29 is 23.1 Å². The summed E-state index contributed by atoms with van der Waals surface area (Å²) < 4.78 is 38.2. The Balaban J connectivity index is 2.91. The summed E-state index contributed by atoms with van der Waals surface area (Å²) in [6.45, 7) is 3.13. The molecule has 0 saturated heterocycles. The minimum absolute atomic E-state index is 0.264. The van der Waals surface area contributed by atoms with Crippen molar-refractivity contribution in [3.8, 4) is 0 Å². The number of aliphatic hydroxyl groups is 1. The Hall–Kier alpha value is -1.07. The second-order valence-electron chi connectivity index (χ2n) is 5.69. The molecule has 1 aromatic carbocycles. The molecule has 0 aliphatic carbocycles. The molecule has 0 radical (unpaired) electrons. The molecule has 112 valence electrons. The molecule has 20 heavy (non-hydrogen) atoms. The molecule has 1 unspecified atom stereocenters. The molecule has 0 heterocycles. The van der Waals surface area contributed by atoms with Gasteiger partial charge < -0.3 is 5.11 Å². The molecule has 0 amide bonds. The first-order valence-corrected chi connectivity index (χ1v) is 6.37. The summed E-state index contributed by atoms with van der Waals surface area (Å²) in [5.74, 6) is 0. The van der Waals surface area contributed by atoms with E-state index in [1.54, 1.807) is 38.1 Å². The number of carbonyl (C=O) groups is 1. The van der Waals surface area contributed by atoms with E-state index in [2.05, 4.69) is 0 Å². The molecule has 0 aliphatic rings. The first-order valence-electron chi connectivity index (χ1n) is 5.99. The fourth-order valence-electron chi connectivity index (χ4n) is 2.20. The highest BCUT2D eigenvalue weighted by atomic mass is 35.5. The van der Waals surface area contributed by atoms with Crippen LogP contribution in [-0.4, -0.2) is 23.2 Å². The average Bonchev–Trinajstić information content (AvgIpc) is 2.25. The number of alkyl halides is 3. The zero-order valence-corrected chi connectivity index (χ0v) is 11.9. The van der Waals surface area contributed by atoms with Gasteiger partial charge in [-0.15, -0.1) is 0 Å². The molecular weight excluding hydrogens is 293 g/mol. The number of carbonyl (C=O) groups excluding carboxylic acids is 1. The summed E-state index contributed by atoms with van der Waals surface area (Å²) >= 11 is 5.82. The summed E-state index contributed by atoms with van der Waals surface area (Å²) in [5, 5.41) is 9.99. The van der Waals surface area contributed by atoms with Gasteiger partial charge in [-0.1, -0.05) is 37.6 Å². The first kappa shape index (κ1) is 17.0. The van der Waals surface area contributed by atoms with Crippen LogP contribution < -0.4 is 0 Å². The second-order valence-corrected chi connectivity index (χ2v) is 6.12. The zero-order chi connectivity index (χ0) is 15.6. The van der Waals surface area contributed by atoms with Gasteiger partial charge in [-0.3, -0.25) is 4.79 Å². The molecule has 1 atom stereocenters. The molecule has 0 aromatic heterocycles. The Morgan fingerprint density at radius 2 is 1.90 bits per heavy atom. The molecule has 0 fully saturated rings. The van der Waals surface area contributed by atoms with Crippen LogP contribution in [-0.2, 0) is 11.2 Å². The molecule has 1 rings (SSSR count). The van der Waals surface area contributed by atoms with E-state index >= 15 is 0 Å². The minimum Gasteiger partial charge on any atom is -0.374 e. The van der Waals surface area contributed by atoms with Crippen molar-refractivity contribution in [3.05, 3.63) is 34.9 Å². The summed E-state index contributed by atoms with van der Waals surface area (Å²) in [4.78, 5) is 10.7. The van der Waals surface area contributed by atoms with E-state index in [0.717, 1.165) is 5.56 Å². The lowest BCUT2D eigenvalue weighted by atomic mass is 9.76. The van der Waals surface area contributed by atoms with Gasteiger partial charge in [0.25, 0.3) is 0 Å². The van der Waals surface area contributed by atoms with Gasteiger partial charge in [-0.2, -0.15) is 13.2 Å². The van der Waals surface area contributed by atoms with Crippen molar-refractivity contribution in [1.82, 2.24) is 0 Å². The van der Waals surface area contributed by atoms with Gasteiger partial charge in [0.15, 0.2) is 6.29 Å². The zero-order valence-electron chi connectivity index (χ0n) is 11.2. The predicted octanol–water partition coefficient (Wildman–Crippen LogP) is 3.79. The molecule has 1 aromatic rings. The van der Waals surface area contributed by atoms with E-state index in [9.17, 15) is 23.1 Å². The third-order valence-corrected chi connectivity index (χ3v) is 3.24. The maximum atomic E-state index is 12.7. The van der Waals surface area contributed by atoms with Crippen LogP contribution in [0.15, 0.2) is 24.3 Å². The van der Waals surface area contributed by atoms with Gasteiger partial charge in [-0.05, 0) is 36.0 Å². The second kappa shape index (κ2) is 5.74. The maximum Gasteiger partial charge on any atom is 0.424 e. The van der Waals surface area contributed by atoms with Crippen LogP contribution in [0.2, 0.25) is 5.02 Å². The smallest absolute Gasteiger partial charge is 0.374 e. The predicted molar refractivity (Wildman–Crippen MR) is 70.6 cm³/mol. The number of aldehydes is 1. The molecule has 0 saturated carbocycles. The number of halogens is 4. The maximum absolute atomic E-state index is 12.7. The number of hydrogen-bond acceptors (Lipinski definition) is 2. The van der Waals surface area contributed by atoms with Crippen molar-refractivity contribution in [1.29, 1.82) is 0 Å². The van der Waals surface area contributed by atoms with E-state index in [1.165, 1.54) is 0 Å². The summed E-state index contributed by atoms with van der Waals surface area (Å²) in [5.41, 5.74) is -3.50. The van der Waals surface area contributed by atoms with Crippen LogP contribution in [0.25, 0.3) is 0 Å². The van der Waals surface area contributed by atoms with Crippen LogP contribution in [0.1, 0.15) is 25.8 Å². The largest absolute Gasteiger partial charge is 0.424 e. The van der Waals surface area contributed by atoms with Crippen LogP contribution in [0.4, 0.5) is 13.2 Å². The molecule has 2 nitrogen and oxygen atoms in total. The Morgan fingerprint density at radius 1 is 1.30 bits per heavy atom. The quantitative estimate of drug-likeness (QED) is 0.840. The SMILES string of the molecule is CC(C)(Cc1cccc(Cl)c1)CC(O)(C=O)C(F)(F)F. The third-order valence-electron chi connectivity index (χ3n) is 3.01. The first-order chi connectivity index (χ1) is 8.99. The van der Waals surface area contributed by atoms with E-state index < -0.39 is 29.9 Å². The third kappa shape index (κ3) is 4.21. The van der Waals surface area contributed by atoms with E-state index in [4.69, 9.17) is 11.6 Å². The van der Waals surface area contributed by atoms with E-state index in [0.29, 0.717) is 5.02 Å². The number of rotatable bonds is 5. The van der Waals surface area contributed by atoms with Gasteiger partial charge in [0.1, 0.15) is 0 Å². The monoisotopic (exact) mass is 308 g/mol. The van der Waals surface area contributed by atoms with Gasteiger partial charge in [-0.25, -0.2) is 0 Å². The Kier molecular flexibility index (Phi) is 4.87. The molecule has 0 spiro atoms. The lowest BCUT2D eigenvalue weighted by molar-refractivity contribution is -0.252. The number of benzene rings is 1. The van der Waals surface area contributed by atoms with Crippen LogP contribution in [0.5, 0.6) is 0 Å². The summed E-state index contributed by atoms with van der Waals surface area (Å²) in [7, 11) is 0. The Bertz CT molecular complexity index is 486. The Morgan fingerprint density at radius 3 is 2.35 bits per heavy atom. The molecule has 0 bridgehead atoms. The van der Waals surface area contributed by atoms with Gasteiger partial charge in [0.2, 0.25) is 5.60 Å². The molecule has 0 aliphatic heterocycles. The normalized spacial score (nSPS) is 15.8. The highest BCUT2D eigenvalue weighted by Crippen LogP contribution is 2.39. The number of hydrogen-bond donors (Lipinski definition) is 1. The van der Waals surface area contributed by atoms with Gasteiger partial charge in [0, 0.05) is 5.02 Å². The summed E-state index contributed by atoms with van der Waals surface area (Å²) in [6, 6.07) is 6.75. The Labute approximate surface area is 120 Å². The lowest BCUT2D eigenvalue weighted by Crippen LogP contribution is -2.49. The van der Waals surface area contributed by atoms with Crippen molar-refractivity contribution in [2.45, 2.75) is 38.5 Å². The fourth-order valence-corrected chi connectivity index (χ4v) is 2.41. The molecule has 1 N–H and O–H groups in total. The van der Waals surface area contributed by atoms with Gasteiger partial charge >= 0.3 is 6.18 Å². The fraction of sp³-hybridized carbons (Fsp3) is 0.500. The molecular formula is C14H16ClF3O2. The van der Waals surface area contributed by atoms with E-state index in [1.807, 2.05) is 0 Å². The van der Waals surface area contributed by atoms with Crippen molar-refractivity contribution in [3.63, 3.8) is 0 Å². The minimum atomic E-state index is -4.99. The van der Waals surface area contributed by atoms with Crippen LogP contribution in [0.3, 0.4) is 0 Å². The van der Waals surface area contributed by atoms with Crippen LogP contribution in [0, 0.1) is 5.41 Å². The van der Waals surface area contributed by atoms with Gasteiger partial charge in [0.05, 0.1) is 0 Å². The topological polar surface area (TPSA) is 37.3 Å². The van der Waals surface area contributed by atoms with Crippen molar-refractivity contribution in [2.24, 2.45) is 5.41 Å². The molecule has 6 heteroatoms. The van der Waals surface area contributed by atoms with E-state index in [-0.39, 0.29) is 6.42 Å². The van der Waals surface area contributed by atoms with Crippen LogP contribution >= 0.6 is 11.6 Å². The standard InChI is InChI=1S/C14H16ClF3O2/c1-12(2,7-10-4-3-5-11(15)6-10)8-13(20,9-19)14(16,17)18/h3-6,9,20H,7-8H2,1-2H3. The van der Waals surface area contributed by atoms with Crippen molar-refractivity contribution >= 4 is 17.9 Å². The highest BCUT2D eigenvalue weighted by Gasteiger charge is 2.55. The average molecular weight is 309 g/mol. The van der Waals surface area contributed by atoms with Crippen molar-refractivity contribution in [2.75, 3.05) is 0 Å². The summed E-state index contributed by atoms with van der Waals surface area (Å²) in [6.07, 6.45) is -5.87. The lowest BCUT2D eigenvalue weighted by Gasteiger charge is -2.34. The highest BCUT2D eigenvalue weighted by molar-refractivity contribution is 6.30.